The summed E-state index contributed by atoms with van der Waals surface area (Å²) in [6.45, 7) is 1.75. The Morgan fingerprint density at radius 3 is 2.42 bits per heavy atom. The number of rotatable bonds is 6. The molecule has 2 aromatic carbocycles. The highest BCUT2D eigenvalue weighted by molar-refractivity contribution is 7.92. The van der Waals surface area contributed by atoms with Crippen molar-refractivity contribution in [2.75, 3.05) is 36.9 Å². The maximum absolute atomic E-state index is 14.2. The van der Waals surface area contributed by atoms with Crippen LogP contribution < -0.4 is 19.1 Å². The number of halogens is 1. The molecule has 0 atom stereocenters. The summed E-state index contributed by atoms with van der Waals surface area (Å²) in [5.74, 6) is -0.134. The second kappa shape index (κ2) is 7.41. The highest BCUT2D eigenvalue weighted by Crippen LogP contribution is 2.32. The van der Waals surface area contributed by atoms with Crippen LogP contribution in [0.25, 0.3) is 0 Å². The zero-order chi connectivity index (χ0) is 18.7. The van der Waals surface area contributed by atoms with Crippen molar-refractivity contribution < 1.29 is 22.3 Å². The second-order valence-electron chi connectivity index (χ2n) is 5.98. The van der Waals surface area contributed by atoms with Crippen molar-refractivity contribution in [3.05, 3.63) is 42.2 Å². The van der Waals surface area contributed by atoms with E-state index in [0.717, 1.165) is 31.6 Å². The Hall–Kier alpha value is -2.48. The first-order chi connectivity index (χ1) is 12.4. The molecular formula is C18H21FN2O4S. The number of methoxy groups -OCH3 is 2. The van der Waals surface area contributed by atoms with Gasteiger partial charge in [0.1, 0.15) is 22.2 Å². The van der Waals surface area contributed by atoms with Gasteiger partial charge in [-0.1, -0.05) is 0 Å². The largest absolute Gasteiger partial charge is 0.497 e. The molecule has 1 aliphatic heterocycles. The molecule has 3 rings (SSSR count). The van der Waals surface area contributed by atoms with E-state index in [-0.39, 0.29) is 16.3 Å². The van der Waals surface area contributed by atoms with E-state index in [1.807, 2.05) is 0 Å². The smallest absolute Gasteiger partial charge is 0.265 e. The van der Waals surface area contributed by atoms with Crippen LogP contribution in [0, 0.1) is 5.82 Å². The van der Waals surface area contributed by atoms with E-state index in [2.05, 4.69) is 9.62 Å². The predicted octanol–water partition coefficient (Wildman–Crippen LogP) is 3.24. The summed E-state index contributed by atoms with van der Waals surface area (Å²) in [4.78, 5) is 1.98. The minimum absolute atomic E-state index is 0.0979. The van der Waals surface area contributed by atoms with E-state index in [9.17, 15) is 12.8 Å². The van der Waals surface area contributed by atoms with Gasteiger partial charge in [0.05, 0.1) is 19.9 Å². The van der Waals surface area contributed by atoms with Gasteiger partial charge in [0.15, 0.2) is 0 Å². The molecule has 0 aromatic heterocycles. The summed E-state index contributed by atoms with van der Waals surface area (Å²) in [7, 11) is -1.26. The van der Waals surface area contributed by atoms with Gasteiger partial charge < -0.3 is 14.4 Å². The summed E-state index contributed by atoms with van der Waals surface area (Å²) in [5.41, 5.74) is 0.693. The first-order valence-electron chi connectivity index (χ1n) is 8.24. The fourth-order valence-corrected chi connectivity index (χ4v) is 4.20. The average Bonchev–Trinajstić information content (AvgIpc) is 3.17. The predicted molar refractivity (Wildman–Crippen MR) is 98.2 cm³/mol. The molecular weight excluding hydrogens is 359 g/mol. The number of hydrogen-bond donors (Lipinski definition) is 1. The maximum atomic E-state index is 14.2. The fourth-order valence-electron chi connectivity index (χ4n) is 2.96. The lowest BCUT2D eigenvalue weighted by atomic mass is 10.2. The van der Waals surface area contributed by atoms with Crippen molar-refractivity contribution in [3.63, 3.8) is 0 Å². The van der Waals surface area contributed by atoms with Crippen LogP contribution >= 0.6 is 0 Å². The fraction of sp³-hybridized carbons (Fsp3) is 0.333. The average molecular weight is 380 g/mol. The molecule has 8 heteroatoms. The van der Waals surface area contributed by atoms with Gasteiger partial charge in [-0.2, -0.15) is 0 Å². The quantitative estimate of drug-likeness (QED) is 0.833. The number of sulfonamides is 1. The standard InChI is InChI=1S/C18H21FN2O4S/c1-24-14-6-8-17(25-2)18(12-14)26(22,23)20-16-11-13(5-7-15(16)19)21-9-3-4-10-21/h5-8,11-12,20H,3-4,9-10H2,1-2H3. The van der Waals surface area contributed by atoms with Gasteiger partial charge in [-0.3, -0.25) is 4.72 Å². The Labute approximate surface area is 152 Å². The van der Waals surface area contributed by atoms with E-state index in [1.54, 1.807) is 12.1 Å². The van der Waals surface area contributed by atoms with Crippen LogP contribution in [0.5, 0.6) is 11.5 Å². The van der Waals surface area contributed by atoms with Gasteiger partial charge >= 0.3 is 0 Å². The van der Waals surface area contributed by atoms with Crippen molar-refractivity contribution in [1.82, 2.24) is 0 Å². The van der Waals surface area contributed by atoms with Crippen LogP contribution in [0.4, 0.5) is 15.8 Å². The summed E-state index contributed by atoms with van der Waals surface area (Å²) in [6.07, 6.45) is 2.14. The van der Waals surface area contributed by atoms with E-state index in [1.165, 1.54) is 38.5 Å². The molecule has 1 N–H and O–H groups in total. The SMILES string of the molecule is COc1ccc(OC)c(S(=O)(=O)Nc2cc(N3CCCC3)ccc2F)c1. The number of nitrogens with one attached hydrogen (secondary N) is 1. The second-order valence-corrected chi connectivity index (χ2v) is 7.63. The Kier molecular flexibility index (Phi) is 5.22. The van der Waals surface area contributed by atoms with Gasteiger partial charge in [-0.15, -0.1) is 0 Å². The zero-order valence-corrected chi connectivity index (χ0v) is 15.5. The van der Waals surface area contributed by atoms with Crippen molar-refractivity contribution >= 4 is 21.4 Å². The molecule has 140 valence electrons. The van der Waals surface area contributed by atoms with E-state index in [4.69, 9.17) is 9.47 Å². The first kappa shape index (κ1) is 18.3. The molecule has 6 nitrogen and oxygen atoms in total. The number of ether oxygens (including phenoxy) is 2. The minimum atomic E-state index is -4.06. The molecule has 0 saturated carbocycles. The molecule has 0 bridgehead atoms. The summed E-state index contributed by atoms with van der Waals surface area (Å²) >= 11 is 0. The lowest BCUT2D eigenvalue weighted by molar-refractivity contribution is 0.392. The van der Waals surface area contributed by atoms with Gasteiger partial charge in [-0.25, -0.2) is 12.8 Å². The third-order valence-electron chi connectivity index (χ3n) is 4.33. The molecule has 0 spiro atoms. The Morgan fingerprint density at radius 2 is 1.77 bits per heavy atom. The Morgan fingerprint density at radius 1 is 1.04 bits per heavy atom. The molecule has 2 aromatic rings. The van der Waals surface area contributed by atoms with Crippen LogP contribution in [0.2, 0.25) is 0 Å². The van der Waals surface area contributed by atoms with Crippen LogP contribution in [0.1, 0.15) is 12.8 Å². The van der Waals surface area contributed by atoms with E-state index >= 15 is 0 Å². The third kappa shape index (κ3) is 3.70. The Balaban J connectivity index is 1.96. The van der Waals surface area contributed by atoms with Crippen molar-refractivity contribution in [3.8, 4) is 11.5 Å². The highest BCUT2D eigenvalue weighted by Gasteiger charge is 2.23. The van der Waals surface area contributed by atoms with Gasteiger partial charge in [-0.05, 0) is 43.2 Å². The molecule has 0 unspecified atom stereocenters. The number of anilines is 2. The lowest BCUT2D eigenvalue weighted by Crippen LogP contribution is -2.19. The summed E-state index contributed by atoms with van der Waals surface area (Å²) in [5, 5.41) is 0. The Bertz CT molecular complexity index is 896. The zero-order valence-electron chi connectivity index (χ0n) is 14.7. The molecule has 0 radical (unpaired) electrons. The van der Waals surface area contributed by atoms with Crippen LogP contribution in [0.3, 0.4) is 0 Å². The molecule has 26 heavy (non-hydrogen) atoms. The minimum Gasteiger partial charge on any atom is -0.497 e. The van der Waals surface area contributed by atoms with E-state index in [0.29, 0.717) is 5.75 Å². The molecule has 1 aliphatic rings. The van der Waals surface area contributed by atoms with Crippen molar-refractivity contribution in [2.45, 2.75) is 17.7 Å². The molecule has 0 aliphatic carbocycles. The highest BCUT2D eigenvalue weighted by atomic mass is 32.2. The number of hydrogen-bond acceptors (Lipinski definition) is 5. The third-order valence-corrected chi connectivity index (χ3v) is 5.71. The lowest BCUT2D eigenvalue weighted by Gasteiger charge is -2.19. The van der Waals surface area contributed by atoms with Gasteiger partial charge in [0.25, 0.3) is 10.0 Å². The molecule has 1 fully saturated rings. The maximum Gasteiger partial charge on any atom is 0.265 e. The topological polar surface area (TPSA) is 67.9 Å². The van der Waals surface area contributed by atoms with Crippen LogP contribution in [0.15, 0.2) is 41.3 Å². The van der Waals surface area contributed by atoms with Crippen molar-refractivity contribution in [1.29, 1.82) is 0 Å². The molecule has 1 heterocycles. The van der Waals surface area contributed by atoms with Crippen molar-refractivity contribution in [2.24, 2.45) is 0 Å². The number of benzene rings is 2. The summed E-state index contributed by atoms with van der Waals surface area (Å²) in [6, 6.07) is 8.87. The van der Waals surface area contributed by atoms with Crippen LogP contribution in [-0.2, 0) is 10.0 Å². The van der Waals surface area contributed by atoms with Gasteiger partial charge in [0, 0.05) is 24.8 Å². The normalized spacial score (nSPS) is 14.3. The first-order valence-corrected chi connectivity index (χ1v) is 9.72. The van der Waals surface area contributed by atoms with Crippen LogP contribution in [-0.4, -0.2) is 35.7 Å². The van der Waals surface area contributed by atoms with Gasteiger partial charge in [0.2, 0.25) is 0 Å². The monoisotopic (exact) mass is 380 g/mol. The summed E-state index contributed by atoms with van der Waals surface area (Å²) < 4.78 is 52.4. The number of nitrogens with zero attached hydrogens (tertiary/aromatic N) is 1. The molecule has 0 amide bonds. The van der Waals surface area contributed by atoms with E-state index < -0.39 is 15.8 Å². The molecule has 1 saturated heterocycles.